The van der Waals surface area contributed by atoms with Crippen LogP contribution in [-0.4, -0.2) is 14.2 Å². The predicted molar refractivity (Wildman–Crippen MR) is 67.0 cm³/mol. The van der Waals surface area contributed by atoms with Gasteiger partial charge in [0.1, 0.15) is 0 Å². The van der Waals surface area contributed by atoms with Crippen molar-refractivity contribution in [1.29, 1.82) is 0 Å². The number of benzene rings is 1. The average molecular weight is 286 g/mol. The van der Waals surface area contributed by atoms with Gasteiger partial charge in [0.25, 0.3) is 0 Å². The Morgan fingerprint density at radius 2 is 1.75 bits per heavy atom. The first-order valence-electron chi connectivity index (χ1n) is 5.31. The minimum atomic E-state index is -0.196. The van der Waals surface area contributed by atoms with Crippen LogP contribution in [0.15, 0.2) is 16.6 Å². The van der Waals surface area contributed by atoms with E-state index in [-0.39, 0.29) is 5.54 Å². The Hall–Kier alpha value is -0.740. The molecule has 4 heteroatoms. The van der Waals surface area contributed by atoms with Gasteiger partial charge in [-0.1, -0.05) is 15.9 Å². The maximum Gasteiger partial charge on any atom is 0.161 e. The highest BCUT2D eigenvalue weighted by Gasteiger charge is 2.36. The molecule has 0 aliphatic heterocycles. The van der Waals surface area contributed by atoms with Crippen molar-refractivity contribution in [1.82, 2.24) is 0 Å². The topological polar surface area (TPSA) is 44.5 Å². The van der Waals surface area contributed by atoms with Crippen molar-refractivity contribution in [3.05, 3.63) is 22.2 Å². The van der Waals surface area contributed by atoms with Crippen LogP contribution in [0.4, 0.5) is 0 Å². The molecule has 0 atom stereocenters. The van der Waals surface area contributed by atoms with Crippen molar-refractivity contribution in [3.63, 3.8) is 0 Å². The summed E-state index contributed by atoms with van der Waals surface area (Å²) >= 11 is 3.55. The largest absolute Gasteiger partial charge is 0.493 e. The lowest BCUT2D eigenvalue weighted by Crippen LogP contribution is -2.43. The lowest BCUT2D eigenvalue weighted by atomic mass is 9.73. The van der Waals surface area contributed by atoms with E-state index in [9.17, 15) is 0 Å². The van der Waals surface area contributed by atoms with Gasteiger partial charge in [0.15, 0.2) is 11.5 Å². The van der Waals surface area contributed by atoms with Crippen molar-refractivity contribution in [2.24, 2.45) is 5.73 Å². The number of ether oxygens (including phenoxy) is 2. The van der Waals surface area contributed by atoms with Gasteiger partial charge in [-0.25, -0.2) is 0 Å². The molecule has 0 saturated heterocycles. The van der Waals surface area contributed by atoms with E-state index in [4.69, 9.17) is 15.2 Å². The van der Waals surface area contributed by atoms with Gasteiger partial charge >= 0.3 is 0 Å². The van der Waals surface area contributed by atoms with E-state index in [1.54, 1.807) is 14.2 Å². The second-order valence-corrected chi connectivity index (χ2v) is 5.05. The molecule has 1 fully saturated rings. The highest BCUT2D eigenvalue weighted by molar-refractivity contribution is 9.10. The molecule has 1 aromatic rings. The van der Waals surface area contributed by atoms with Gasteiger partial charge in [0.2, 0.25) is 0 Å². The van der Waals surface area contributed by atoms with Gasteiger partial charge < -0.3 is 15.2 Å². The summed E-state index contributed by atoms with van der Waals surface area (Å²) in [6, 6.07) is 3.89. The summed E-state index contributed by atoms with van der Waals surface area (Å²) in [5.74, 6) is 1.46. The first-order valence-corrected chi connectivity index (χ1v) is 6.11. The summed E-state index contributed by atoms with van der Waals surface area (Å²) in [6.45, 7) is 0. The fraction of sp³-hybridized carbons (Fsp3) is 0.500. The minimum absolute atomic E-state index is 0.196. The lowest BCUT2D eigenvalue weighted by molar-refractivity contribution is 0.250. The lowest BCUT2D eigenvalue weighted by Gasteiger charge is -2.39. The van der Waals surface area contributed by atoms with Crippen LogP contribution in [0, 0.1) is 0 Å². The van der Waals surface area contributed by atoms with E-state index in [1.165, 1.54) is 6.42 Å². The molecule has 88 valence electrons. The normalized spacial score (nSPS) is 17.8. The fourth-order valence-corrected chi connectivity index (χ4v) is 2.78. The first-order chi connectivity index (χ1) is 7.60. The zero-order chi connectivity index (χ0) is 11.8. The fourth-order valence-electron chi connectivity index (χ4n) is 2.06. The van der Waals surface area contributed by atoms with E-state index in [0.29, 0.717) is 0 Å². The molecule has 2 rings (SSSR count). The summed E-state index contributed by atoms with van der Waals surface area (Å²) < 4.78 is 11.5. The molecule has 0 heterocycles. The Kier molecular flexibility index (Phi) is 3.13. The third-order valence-electron chi connectivity index (χ3n) is 3.26. The van der Waals surface area contributed by atoms with Crippen molar-refractivity contribution in [3.8, 4) is 11.5 Å². The number of methoxy groups -OCH3 is 2. The Balaban J connectivity index is 2.46. The van der Waals surface area contributed by atoms with Gasteiger partial charge in [0, 0.05) is 10.0 Å². The summed E-state index contributed by atoms with van der Waals surface area (Å²) in [4.78, 5) is 0. The zero-order valence-corrected chi connectivity index (χ0v) is 11.1. The second-order valence-electron chi connectivity index (χ2n) is 4.20. The van der Waals surface area contributed by atoms with Crippen LogP contribution in [0.2, 0.25) is 0 Å². The minimum Gasteiger partial charge on any atom is -0.493 e. The van der Waals surface area contributed by atoms with Gasteiger partial charge in [0.05, 0.1) is 14.2 Å². The molecule has 1 aromatic carbocycles. The number of nitrogens with two attached hydrogens (primary N) is 1. The van der Waals surface area contributed by atoms with E-state index >= 15 is 0 Å². The van der Waals surface area contributed by atoms with Crippen molar-refractivity contribution in [2.45, 2.75) is 24.8 Å². The van der Waals surface area contributed by atoms with Crippen LogP contribution in [0.3, 0.4) is 0 Å². The smallest absolute Gasteiger partial charge is 0.161 e. The van der Waals surface area contributed by atoms with Gasteiger partial charge in [-0.15, -0.1) is 0 Å². The standard InChI is InChI=1S/C12H16BrNO2/c1-15-10-6-8(12(14)4-3-5-12)9(13)7-11(10)16-2/h6-7H,3-5,14H2,1-2H3. The molecule has 0 amide bonds. The first kappa shape index (κ1) is 11.7. The molecule has 0 radical (unpaired) electrons. The highest BCUT2D eigenvalue weighted by atomic mass is 79.9. The predicted octanol–water partition coefficient (Wildman–Crippen LogP) is 2.80. The molecule has 0 aromatic heterocycles. The number of hydrogen-bond donors (Lipinski definition) is 1. The third kappa shape index (κ3) is 1.80. The molecule has 1 aliphatic carbocycles. The molecule has 0 spiro atoms. The van der Waals surface area contributed by atoms with Gasteiger partial charge in [-0.05, 0) is 37.0 Å². The van der Waals surface area contributed by atoms with Gasteiger partial charge in [-0.2, -0.15) is 0 Å². The highest BCUT2D eigenvalue weighted by Crippen LogP contribution is 2.45. The Bertz CT molecular complexity index is 402. The molecular formula is C12H16BrNO2. The van der Waals surface area contributed by atoms with Crippen LogP contribution in [-0.2, 0) is 5.54 Å². The molecule has 0 bridgehead atoms. The molecule has 3 nitrogen and oxygen atoms in total. The van der Waals surface area contributed by atoms with Crippen LogP contribution < -0.4 is 15.2 Å². The van der Waals surface area contributed by atoms with Crippen molar-refractivity contribution < 1.29 is 9.47 Å². The third-order valence-corrected chi connectivity index (χ3v) is 3.91. The van der Waals surface area contributed by atoms with Crippen LogP contribution in [0.25, 0.3) is 0 Å². The quantitative estimate of drug-likeness (QED) is 0.929. The van der Waals surface area contributed by atoms with E-state index in [0.717, 1.165) is 34.4 Å². The Morgan fingerprint density at radius 1 is 1.19 bits per heavy atom. The SMILES string of the molecule is COc1cc(Br)c(C2(N)CCC2)cc1OC. The number of rotatable bonds is 3. The maximum atomic E-state index is 6.31. The molecular weight excluding hydrogens is 270 g/mol. The summed E-state index contributed by atoms with van der Waals surface area (Å²) in [5.41, 5.74) is 7.23. The monoisotopic (exact) mass is 285 g/mol. The van der Waals surface area contributed by atoms with E-state index in [1.807, 2.05) is 12.1 Å². The zero-order valence-electron chi connectivity index (χ0n) is 9.55. The van der Waals surface area contributed by atoms with E-state index < -0.39 is 0 Å². The average Bonchev–Trinajstić information content (AvgIpc) is 2.25. The molecule has 16 heavy (non-hydrogen) atoms. The van der Waals surface area contributed by atoms with Gasteiger partial charge in [-0.3, -0.25) is 0 Å². The molecule has 2 N–H and O–H groups in total. The van der Waals surface area contributed by atoms with E-state index in [2.05, 4.69) is 15.9 Å². The van der Waals surface area contributed by atoms with Crippen molar-refractivity contribution in [2.75, 3.05) is 14.2 Å². The summed E-state index contributed by atoms with van der Waals surface area (Å²) in [5, 5.41) is 0. The maximum absolute atomic E-state index is 6.31. The van der Waals surface area contributed by atoms with Crippen LogP contribution >= 0.6 is 15.9 Å². The van der Waals surface area contributed by atoms with Crippen LogP contribution in [0.5, 0.6) is 11.5 Å². The number of hydrogen-bond acceptors (Lipinski definition) is 3. The molecule has 1 aliphatic rings. The molecule has 0 unspecified atom stereocenters. The second kappa shape index (κ2) is 4.26. The Labute approximate surface area is 104 Å². The van der Waals surface area contributed by atoms with Crippen LogP contribution in [0.1, 0.15) is 24.8 Å². The van der Waals surface area contributed by atoms with Crippen molar-refractivity contribution >= 4 is 15.9 Å². The Morgan fingerprint density at radius 3 is 2.19 bits per heavy atom. The summed E-state index contributed by atoms with van der Waals surface area (Å²) in [6.07, 6.45) is 3.25. The number of halogens is 1. The molecule has 1 saturated carbocycles. The summed E-state index contributed by atoms with van der Waals surface area (Å²) in [7, 11) is 3.27.